The number of carbonyl (C=O) groups is 1. The monoisotopic (exact) mass is 617 g/mol. The van der Waals surface area contributed by atoms with Crippen molar-refractivity contribution >= 4 is 34.4 Å². The van der Waals surface area contributed by atoms with Gasteiger partial charge in [0.1, 0.15) is 11.6 Å². The number of alkyl halides is 2. The van der Waals surface area contributed by atoms with Crippen LogP contribution in [0.5, 0.6) is 0 Å². The molecule has 13 heteroatoms. The van der Waals surface area contributed by atoms with Crippen molar-refractivity contribution in [2.45, 2.75) is 25.7 Å². The SMILES string of the molecule is O=C(C1CCN(c2ccncc2)CC1)N1CC[C@H](CNc2cc(-n3c(C(F)F)nc4ccccc43)nc(N3CCOCC3)n2)C1. The number of piperidine rings is 1. The molecule has 3 saturated heterocycles. The van der Waals surface area contributed by atoms with Crippen LogP contribution in [0.15, 0.2) is 54.9 Å². The van der Waals surface area contributed by atoms with E-state index in [4.69, 9.17) is 14.7 Å². The Kier molecular flexibility index (Phi) is 8.42. The highest BCUT2D eigenvalue weighted by molar-refractivity contribution is 5.80. The fourth-order valence-corrected chi connectivity index (χ4v) is 6.61. The number of para-hydroxylation sites is 2. The first-order valence-electron chi connectivity index (χ1n) is 15.7. The van der Waals surface area contributed by atoms with E-state index in [1.165, 1.54) is 4.57 Å². The lowest BCUT2D eigenvalue weighted by molar-refractivity contribution is -0.135. The molecule has 1 aromatic carbocycles. The number of nitrogens with one attached hydrogen (secondary N) is 1. The van der Waals surface area contributed by atoms with Gasteiger partial charge in [0.15, 0.2) is 5.82 Å². The smallest absolute Gasteiger partial charge is 0.296 e. The molecule has 11 nitrogen and oxygen atoms in total. The molecule has 1 amide bonds. The Labute approximate surface area is 260 Å². The summed E-state index contributed by atoms with van der Waals surface area (Å²) < 4.78 is 35.3. The predicted molar refractivity (Wildman–Crippen MR) is 167 cm³/mol. The van der Waals surface area contributed by atoms with Gasteiger partial charge in [-0.05, 0) is 49.4 Å². The minimum Gasteiger partial charge on any atom is -0.378 e. The molecule has 6 heterocycles. The molecule has 3 aliphatic heterocycles. The fourth-order valence-electron chi connectivity index (χ4n) is 6.61. The van der Waals surface area contributed by atoms with Crippen LogP contribution in [0.2, 0.25) is 0 Å². The second-order valence-electron chi connectivity index (χ2n) is 11.9. The van der Waals surface area contributed by atoms with Crippen molar-refractivity contribution in [3.63, 3.8) is 0 Å². The number of aromatic nitrogens is 5. The maximum Gasteiger partial charge on any atom is 0.296 e. The molecule has 0 unspecified atom stereocenters. The van der Waals surface area contributed by atoms with Crippen molar-refractivity contribution in [2.75, 3.05) is 74.1 Å². The van der Waals surface area contributed by atoms with Gasteiger partial charge >= 0.3 is 0 Å². The Balaban J connectivity index is 1.04. The number of hydrogen-bond donors (Lipinski definition) is 1. The van der Waals surface area contributed by atoms with Crippen molar-refractivity contribution < 1.29 is 18.3 Å². The van der Waals surface area contributed by atoms with Crippen molar-refractivity contribution in [1.29, 1.82) is 0 Å². The van der Waals surface area contributed by atoms with Crippen LogP contribution < -0.4 is 15.1 Å². The van der Waals surface area contributed by atoms with Gasteiger partial charge in [-0.15, -0.1) is 0 Å². The number of carbonyl (C=O) groups excluding carboxylic acids is 1. The normalized spacial score (nSPS) is 19.5. The third-order valence-electron chi connectivity index (χ3n) is 9.05. The van der Waals surface area contributed by atoms with E-state index < -0.39 is 6.43 Å². The molecular weight excluding hydrogens is 580 g/mol. The van der Waals surface area contributed by atoms with Gasteiger partial charge in [-0.1, -0.05) is 12.1 Å². The number of imidazole rings is 1. The van der Waals surface area contributed by atoms with E-state index in [1.807, 2.05) is 21.9 Å². The van der Waals surface area contributed by atoms with Crippen LogP contribution in [0.4, 0.5) is 26.2 Å². The van der Waals surface area contributed by atoms with Gasteiger partial charge < -0.3 is 24.8 Å². The van der Waals surface area contributed by atoms with E-state index in [0.29, 0.717) is 68.0 Å². The highest BCUT2D eigenvalue weighted by Crippen LogP contribution is 2.30. The maximum absolute atomic E-state index is 14.2. The Morgan fingerprint density at radius 3 is 2.49 bits per heavy atom. The lowest BCUT2D eigenvalue weighted by Crippen LogP contribution is -2.42. The average molecular weight is 618 g/mol. The van der Waals surface area contributed by atoms with Crippen LogP contribution in [0.1, 0.15) is 31.5 Å². The van der Waals surface area contributed by atoms with Crippen LogP contribution in [0.25, 0.3) is 16.9 Å². The number of halogens is 2. The zero-order valence-corrected chi connectivity index (χ0v) is 25.1. The molecule has 0 aliphatic carbocycles. The summed E-state index contributed by atoms with van der Waals surface area (Å²) >= 11 is 0. The Hall–Kier alpha value is -4.39. The largest absolute Gasteiger partial charge is 0.378 e. The number of benzene rings is 1. The summed E-state index contributed by atoms with van der Waals surface area (Å²) in [5.41, 5.74) is 2.19. The number of nitrogens with zero attached hydrogens (tertiary/aromatic N) is 8. The lowest BCUT2D eigenvalue weighted by atomic mass is 9.95. The molecule has 3 aromatic heterocycles. The second kappa shape index (κ2) is 12.9. The van der Waals surface area contributed by atoms with E-state index >= 15 is 0 Å². The molecule has 3 fully saturated rings. The van der Waals surface area contributed by atoms with Crippen LogP contribution in [-0.4, -0.2) is 94.3 Å². The molecule has 0 bridgehead atoms. The highest BCUT2D eigenvalue weighted by atomic mass is 19.3. The van der Waals surface area contributed by atoms with Gasteiger partial charge in [-0.3, -0.25) is 14.3 Å². The third-order valence-corrected chi connectivity index (χ3v) is 9.05. The molecule has 0 spiro atoms. The van der Waals surface area contributed by atoms with Crippen LogP contribution in [-0.2, 0) is 9.53 Å². The minimum atomic E-state index is -2.78. The molecule has 0 radical (unpaired) electrons. The van der Waals surface area contributed by atoms with Crippen LogP contribution >= 0.6 is 0 Å². The van der Waals surface area contributed by atoms with Crippen molar-refractivity contribution in [1.82, 2.24) is 29.4 Å². The number of amides is 1. The predicted octanol–water partition coefficient (Wildman–Crippen LogP) is 4.16. The number of anilines is 3. The Bertz CT molecular complexity index is 1620. The molecule has 1 atom stereocenters. The summed E-state index contributed by atoms with van der Waals surface area (Å²) in [6, 6.07) is 12.8. The first-order chi connectivity index (χ1) is 22.0. The molecule has 0 saturated carbocycles. The Morgan fingerprint density at radius 2 is 1.71 bits per heavy atom. The van der Waals surface area contributed by atoms with Crippen molar-refractivity contribution in [3.05, 3.63) is 60.7 Å². The summed E-state index contributed by atoms with van der Waals surface area (Å²) in [4.78, 5) is 37.6. The van der Waals surface area contributed by atoms with Gasteiger partial charge in [0.2, 0.25) is 11.9 Å². The standard InChI is InChI=1S/C32H37F2N9O2/c33-29(34)30-37-25-3-1-2-4-26(25)43(30)28-19-27(38-32(39-28)41-15-17-45-18-16-41)36-20-22-7-12-42(21-22)31(44)23-8-13-40(14-9-23)24-5-10-35-11-6-24/h1-6,10-11,19,22-23,29H,7-9,12-18,20-21H2,(H,36,38,39)/t22-/m1/s1. The molecule has 4 aromatic rings. The fraction of sp³-hybridized carbons (Fsp3) is 0.469. The van der Waals surface area contributed by atoms with Crippen LogP contribution in [0.3, 0.4) is 0 Å². The topological polar surface area (TPSA) is 105 Å². The summed E-state index contributed by atoms with van der Waals surface area (Å²) in [7, 11) is 0. The molecule has 45 heavy (non-hydrogen) atoms. The van der Waals surface area contributed by atoms with E-state index in [2.05, 4.69) is 20.2 Å². The number of morpholine rings is 1. The van der Waals surface area contributed by atoms with Crippen LogP contribution in [0, 0.1) is 11.8 Å². The molecule has 1 N–H and O–H groups in total. The van der Waals surface area contributed by atoms with E-state index in [-0.39, 0.29) is 23.6 Å². The van der Waals surface area contributed by atoms with Gasteiger partial charge in [0.05, 0.1) is 24.2 Å². The van der Waals surface area contributed by atoms with Gasteiger partial charge in [-0.2, -0.15) is 9.97 Å². The van der Waals surface area contributed by atoms with E-state index in [9.17, 15) is 13.6 Å². The zero-order valence-electron chi connectivity index (χ0n) is 25.1. The quantitative estimate of drug-likeness (QED) is 0.312. The van der Waals surface area contributed by atoms with Crippen molar-refractivity contribution in [3.8, 4) is 5.82 Å². The number of hydrogen-bond acceptors (Lipinski definition) is 9. The van der Waals surface area contributed by atoms with Gasteiger partial charge in [-0.25, -0.2) is 13.8 Å². The van der Waals surface area contributed by atoms with Gasteiger partial charge in [0, 0.05) is 75.9 Å². The van der Waals surface area contributed by atoms with Gasteiger partial charge in [0.25, 0.3) is 6.43 Å². The number of rotatable bonds is 8. The summed E-state index contributed by atoms with van der Waals surface area (Å²) in [5.74, 6) is 1.53. The first kappa shape index (κ1) is 29.3. The molecule has 7 rings (SSSR count). The average Bonchev–Trinajstić information content (AvgIpc) is 3.73. The molecule has 3 aliphatic rings. The lowest BCUT2D eigenvalue weighted by Gasteiger charge is -2.34. The van der Waals surface area contributed by atoms with Crippen molar-refractivity contribution in [2.24, 2.45) is 11.8 Å². The first-order valence-corrected chi connectivity index (χ1v) is 15.7. The minimum absolute atomic E-state index is 0.0457. The number of likely N-dealkylation sites (tertiary alicyclic amines) is 1. The summed E-state index contributed by atoms with van der Waals surface area (Å²) in [6.07, 6.45) is 3.41. The zero-order chi connectivity index (χ0) is 30.8. The maximum atomic E-state index is 14.2. The number of pyridine rings is 1. The Morgan fingerprint density at radius 1 is 0.933 bits per heavy atom. The van der Waals surface area contributed by atoms with E-state index in [1.54, 1.807) is 42.7 Å². The molecule has 236 valence electrons. The number of fused-ring (bicyclic) bond motifs is 1. The highest BCUT2D eigenvalue weighted by Gasteiger charge is 2.33. The van der Waals surface area contributed by atoms with E-state index in [0.717, 1.165) is 44.6 Å². The summed E-state index contributed by atoms with van der Waals surface area (Å²) in [6.45, 7) is 6.06. The molecular formula is C32H37F2N9O2. The third kappa shape index (κ3) is 6.26. The summed E-state index contributed by atoms with van der Waals surface area (Å²) in [5, 5.41) is 3.45. The second-order valence-corrected chi connectivity index (χ2v) is 11.9. The number of ether oxygens (including phenoxy) is 1.